The zero-order valence-electron chi connectivity index (χ0n) is 13.9. The number of ether oxygens (including phenoxy) is 2. The molecule has 0 unspecified atom stereocenters. The summed E-state index contributed by atoms with van der Waals surface area (Å²) in [5, 5.41) is 1.50. The lowest BCUT2D eigenvalue weighted by Crippen LogP contribution is -2.39. The summed E-state index contributed by atoms with van der Waals surface area (Å²) in [7, 11) is -3.39. The van der Waals surface area contributed by atoms with Gasteiger partial charge >= 0.3 is 0 Å². The van der Waals surface area contributed by atoms with Crippen molar-refractivity contribution < 1.29 is 22.7 Å². The molecule has 0 bridgehead atoms. The van der Waals surface area contributed by atoms with E-state index in [1.165, 1.54) is 6.92 Å². The Morgan fingerprint density at radius 1 is 1.43 bits per heavy atom. The lowest BCUT2D eigenvalue weighted by Gasteiger charge is -2.18. The zero-order chi connectivity index (χ0) is 17.3. The molecule has 0 aliphatic carbocycles. The summed E-state index contributed by atoms with van der Waals surface area (Å²) in [6, 6.07) is 5.73. The number of fused-ring (bicyclic) bond motifs is 1. The summed E-state index contributed by atoms with van der Waals surface area (Å²) < 4.78 is 34.2. The number of hydrogen-bond donors (Lipinski definition) is 1. The second kappa shape index (κ2) is 6.39. The van der Waals surface area contributed by atoms with E-state index in [1.54, 1.807) is 0 Å². The molecule has 0 aromatic heterocycles. The highest BCUT2D eigenvalue weighted by molar-refractivity contribution is 7.92. The van der Waals surface area contributed by atoms with E-state index in [-0.39, 0.29) is 18.8 Å². The highest BCUT2D eigenvalue weighted by Crippen LogP contribution is 2.41. The van der Waals surface area contributed by atoms with Crippen molar-refractivity contribution in [3.8, 4) is 11.5 Å². The summed E-state index contributed by atoms with van der Waals surface area (Å²) in [4.78, 5) is 11.7. The van der Waals surface area contributed by atoms with Gasteiger partial charge in [0.2, 0.25) is 5.91 Å². The van der Waals surface area contributed by atoms with Crippen molar-refractivity contribution in [2.24, 2.45) is 0 Å². The van der Waals surface area contributed by atoms with Crippen LogP contribution in [0.3, 0.4) is 0 Å². The Morgan fingerprint density at radius 3 is 2.78 bits per heavy atom. The van der Waals surface area contributed by atoms with E-state index in [0.29, 0.717) is 5.75 Å². The lowest BCUT2D eigenvalue weighted by molar-refractivity contribution is -0.120. The molecule has 0 saturated carbocycles. The molecule has 1 aromatic carbocycles. The molecule has 1 atom stereocenters. The van der Waals surface area contributed by atoms with Gasteiger partial charge in [0.1, 0.15) is 17.5 Å². The van der Waals surface area contributed by atoms with Crippen LogP contribution in [0.4, 0.5) is 0 Å². The van der Waals surface area contributed by atoms with Crippen molar-refractivity contribution in [1.29, 1.82) is 0 Å². The smallest absolute Gasteiger partial charge is 0.238 e. The SMILES string of the molecule is C[C@@H](C(=O)NCCOc1cccc2c1OC(C)(C)C2)S(C)(=O)=O. The molecular formula is C16H23NO5S. The number of rotatable bonds is 6. The number of sulfone groups is 1. The van der Waals surface area contributed by atoms with Gasteiger partial charge in [-0.2, -0.15) is 0 Å². The zero-order valence-corrected chi connectivity index (χ0v) is 14.7. The summed E-state index contributed by atoms with van der Waals surface area (Å²) in [5.74, 6) is 0.860. The Balaban J connectivity index is 1.87. The second-order valence-corrected chi connectivity index (χ2v) is 8.76. The number of benzene rings is 1. The molecule has 1 heterocycles. The summed E-state index contributed by atoms with van der Waals surface area (Å²) in [6.07, 6.45) is 1.86. The Labute approximate surface area is 137 Å². The van der Waals surface area contributed by atoms with E-state index in [0.717, 1.165) is 24.0 Å². The van der Waals surface area contributed by atoms with Crippen LogP contribution in [0.1, 0.15) is 26.3 Å². The number of carbonyl (C=O) groups excluding carboxylic acids is 1. The fourth-order valence-electron chi connectivity index (χ4n) is 2.37. The average molecular weight is 341 g/mol. The molecule has 0 radical (unpaired) electrons. The van der Waals surface area contributed by atoms with Gasteiger partial charge in [-0.1, -0.05) is 12.1 Å². The maximum absolute atomic E-state index is 11.7. The van der Waals surface area contributed by atoms with E-state index >= 15 is 0 Å². The topological polar surface area (TPSA) is 81.7 Å². The van der Waals surface area contributed by atoms with E-state index in [2.05, 4.69) is 5.32 Å². The maximum Gasteiger partial charge on any atom is 0.238 e. The largest absolute Gasteiger partial charge is 0.488 e. The van der Waals surface area contributed by atoms with Crippen LogP contribution in [0.2, 0.25) is 0 Å². The molecule has 1 aromatic rings. The van der Waals surface area contributed by atoms with Gasteiger partial charge in [-0.05, 0) is 26.8 Å². The highest BCUT2D eigenvalue weighted by Gasteiger charge is 2.32. The van der Waals surface area contributed by atoms with Gasteiger partial charge in [-0.25, -0.2) is 8.42 Å². The molecule has 1 aliphatic rings. The van der Waals surface area contributed by atoms with Crippen LogP contribution >= 0.6 is 0 Å². The van der Waals surface area contributed by atoms with E-state index in [9.17, 15) is 13.2 Å². The van der Waals surface area contributed by atoms with Crippen molar-refractivity contribution in [2.45, 2.75) is 38.0 Å². The van der Waals surface area contributed by atoms with Crippen LogP contribution in [-0.2, 0) is 21.1 Å². The molecule has 2 rings (SSSR count). The third-order valence-corrected chi connectivity index (χ3v) is 5.22. The number of hydrogen-bond acceptors (Lipinski definition) is 5. The third kappa shape index (κ3) is 4.37. The van der Waals surface area contributed by atoms with Crippen LogP contribution in [0.25, 0.3) is 0 Å². The number of amides is 1. The van der Waals surface area contributed by atoms with Crippen LogP contribution in [0.5, 0.6) is 11.5 Å². The molecule has 1 amide bonds. The minimum Gasteiger partial charge on any atom is -0.488 e. The molecule has 128 valence electrons. The molecule has 1 aliphatic heterocycles. The van der Waals surface area contributed by atoms with Gasteiger partial charge in [-0.15, -0.1) is 0 Å². The van der Waals surface area contributed by atoms with Gasteiger partial charge in [0.05, 0.1) is 6.54 Å². The molecule has 0 saturated heterocycles. The van der Waals surface area contributed by atoms with Crippen molar-refractivity contribution in [3.05, 3.63) is 23.8 Å². The van der Waals surface area contributed by atoms with Crippen molar-refractivity contribution >= 4 is 15.7 Å². The van der Waals surface area contributed by atoms with Crippen LogP contribution < -0.4 is 14.8 Å². The molecule has 6 nitrogen and oxygen atoms in total. The molecular weight excluding hydrogens is 318 g/mol. The van der Waals surface area contributed by atoms with Gasteiger partial charge in [0.15, 0.2) is 21.3 Å². The Kier molecular flexibility index (Phi) is 4.89. The summed E-state index contributed by atoms with van der Waals surface area (Å²) in [5.41, 5.74) is 0.850. The summed E-state index contributed by atoms with van der Waals surface area (Å²) in [6.45, 7) is 5.87. The predicted octanol–water partition coefficient (Wildman–Crippen LogP) is 1.33. The standard InChI is InChI=1S/C16H23NO5S/c1-11(23(4,19)20)15(18)17-8-9-21-13-7-5-6-12-10-16(2,3)22-14(12)13/h5-7,11H,8-10H2,1-4H3,(H,17,18)/t11-/m0/s1. The van der Waals surface area contributed by atoms with Crippen molar-refractivity contribution in [1.82, 2.24) is 5.32 Å². The Morgan fingerprint density at radius 2 is 2.13 bits per heavy atom. The second-order valence-electron chi connectivity index (χ2n) is 6.39. The Hall–Kier alpha value is -1.76. The fourth-order valence-corrected chi connectivity index (χ4v) is 2.85. The molecule has 0 spiro atoms. The van der Waals surface area contributed by atoms with Crippen molar-refractivity contribution in [2.75, 3.05) is 19.4 Å². The van der Waals surface area contributed by atoms with E-state index < -0.39 is 21.0 Å². The third-order valence-electron chi connectivity index (χ3n) is 3.73. The van der Waals surface area contributed by atoms with Gasteiger partial charge in [0, 0.05) is 18.2 Å². The Bertz CT molecular complexity index is 696. The van der Waals surface area contributed by atoms with Crippen LogP contribution in [0.15, 0.2) is 18.2 Å². The van der Waals surface area contributed by atoms with Crippen LogP contribution in [-0.4, -0.2) is 44.6 Å². The van der Waals surface area contributed by atoms with Gasteiger partial charge in [-0.3, -0.25) is 4.79 Å². The maximum atomic E-state index is 11.7. The normalized spacial score (nSPS) is 17.0. The quantitative estimate of drug-likeness (QED) is 0.790. The minimum absolute atomic E-state index is 0.228. The van der Waals surface area contributed by atoms with Crippen LogP contribution in [0, 0.1) is 0 Å². The minimum atomic E-state index is -3.39. The monoisotopic (exact) mass is 341 g/mol. The first-order valence-corrected chi connectivity index (χ1v) is 9.46. The number of nitrogens with one attached hydrogen (secondary N) is 1. The first-order chi connectivity index (χ1) is 10.6. The van der Waals surface area contributed by atoms with Crippen molar-refractivity contribution in [3.63, 3.8) is 0 Å². The first-order valence-electron chi connectivity index (χ1n) is 7.50. The molecule has 23 heavy (non-hydrogen) atoms. The molecule has 0 fully saturated rings. The number of para-hydroxylation sites is 1. The lowest BCUT2D eigenvalue weighted by atomic mass is 10.0. The molecule has 7 heteroatoms. The highest BCUT2D eigenvalue weighted by atomic mass is 32.2. The summed E-state index contributed by atoms with van der Waals surface area (Å²) >= 11 is 0. The van der Waals surface area contributed by atoms with Gasteiger partial charge < -0.3 is 14.8 Å². The van der Waals surface area contributed by atoms with E-state index in [1.807, 2.05) is 32.0 Å². The van der Waals surface area contributed by atoms with Gasteiger partial charge in [0.25, 0.3) is 0 Å². The average Bonchev–Trinajstić information content (AvgIpc) is 2.76. The molecule has 1 N–H and O–H groups in total. The van der Waals surface area contributed by atoms with E-state index in [4.69, 9.17) is 9.47 Å². The number of carbonyl (C=O) groups is 1. The predicted molar refractivity (Wildman–Crippen MR) is 87.7 cm³/mol. The fraction of sp³-hybridized carbons (Fsp3) is 0.562. The first kappa shape index (κ1) is 17.6.